The van der Waals surface area contributed by atoms with E-state index < -0.39 is 5.60 Å². The number of hydrogen-bond acceptors (Lipinski definition) is 5. The van der Waals surface area contributed by atoms with E-state index in [0.717, 1.165) is 0 Å². The lowest BCUT2D eigenvalue weighted by Crippen LogP contribution is -2.41. The molecule has 1 amide bonds. The van der Waals surface area contributed by atoms with Crippen LogP contribution in [0.1, 0.15) is 38.6 Å². The number of nitrogens with zero attached hydrogens (tertiary/aromatic N) is 1. The first-order chi connectivity index (χ1) is 10.3. The standard InChI is InChI=1S/C16H26N2O3S/c1-11(14-7-6-8-22-14)17-12-9-18(10-13(12)20-5)15(19)21-16(2,3)4/h6-8,11-13,17H,9-10H2,1-5H3/t11?,12?,13-/m0/s1. The molecule has 124 valence electrons. The average molecular weight is 326 g/mol. The number of carbonyl (C=O) groups excluding carboxylic acids is 1. The van der Waals surface area contributed by atoms with Gasteiger partial charge in [-0.2, -0.15) is 0 Å². The molecule has 2 rings (SSSR count). The summed E-state index contributed by atoms with van der Waals surface area (Å²) in [6.07, 6.45) is -0.294. The molecule has 0 spiro atoms. The highest BCUT2D eigenvalue weighted by Gasteiger charge is 2.37. The summed E-state index contributed by atoms with van der Waals surface area (Å²) < 4.78 is 11.0. The fourth-order valence-corrected chi connectivity index (χ4v) is 3.33. The molecule has 0 bridgehead atoms. The Bertz CT molecular complexity index is 484. The molecule has 2 unspecified atom stereocenters. The van der Waals surface area contributed by atoms with Crippen LogP contribution in [0, 0.1) is 0 Å². The molecule has 0 saturated carbocycles. The summed E-state index contributed by atoms with van der Waals surface area (Å²) in [7, 11) is 1.69. The topological polar surface area (TPSA) is 50.8 Å². The molecular weight excluding hydrogens is 300 g/mol. The van der Waals surface area contributed by atoms with Crippen molar-refractivity contribution in [2.75, 3.05) is 20.2 Å². The van der Waals surface area contributed by atoms with Gasteiger partial charge in [0, 0.05) is 24.6 Å². The van der Waals surface area contributed by atoms with Gasteiger partial charge in [-0.1, -0.05) is 6.07 Å². The summed E-state index contributed by atoms with van der Waals surface area (Å²) >= 11 is 1.73. The monoisotopic (exact) mass is 326 g/mol. The van der Waals surface area contributed by atoms with Crippen molar-refractivity contribution in [2.45, 2.75) is 51.5 Å². The minimum Gasteiger partial charge on any atom is -0.444 e. The molecule has 1 aromatic rings. The van der Waals surface area contributed by atoms with Crippen molar-refractivity contribution in [2.24, 2.45) is 0 Å². The number of methoxy groups -OCH3 is 1. The van der Waals surface area contributed by atoms with E-state index in [1.807, 2.05) is 26.8 Å². The van der Waals surface area contributed by atoms with Gasteiger partial charge in [0.1, 0.15) is 5.60 Å². The van der Waals surface area contributed by atoms with Crippen molar-refractivity contribution >= 4 is 17.4 Å². The van der Waals surface area contributed by atoms with Gasteiger partial charge in [-0.15, -0.1) is 11.3 Å². The lowest BCUT2D eigenvalue weighted by atomic mass is 10.1. The number of hydrogen-bond donors (Lipinski definition) is 1. The smallest absolute Gasteiger partial charge is 0.410 e. The Kier molecular flexibility index (Phi) is 5.47. The van der Waals surface area contributed by atoms with Crippen LogP contribution < -0.4 is 5.32 Å². The number of thiophene rings is 1. The number of ether oxygens (including phenoxy) is 2. The van der Waals surface area contributed by atoms with Crippen LogP contribution in [-0.4, -0.2) is 48.9 Å². The molecule has 1 aliphatic rings. The van der Waals surface area contributed by atoms with Crippen LogP contribution in [0.4, 0.5) is 4.79 Å². The van der Waals surface area contributed by atoms with Gasteiger partial charge in [-0.05, 0) is 39.1 Å². The van der Waals surface area contributed by atoms with Crippen LogP contribution in [0.2, 0.25) is 0 Å². The Morgan fingerprint density at radius 2 is 2.18 bits per heavy atom. The van der Waals surface area contributed by atoms with Crippen LogP contribution in [0.25, 0.3) is 0 Å². The molecule has 1 N–H and O–H groups in total. The SMILES string of the molecule is CO[C@H]1CN(C(=O)OC(C)(C)C)CC1NC(C)c1cccs1. The van der Waals surface area contributed by atoms with Crippen LogP contribution in [0.3, 0.4) is 0 Å². The molecular formula is C16H26N2O3S. The van der Waals surface area contributed by atoms with Gasteiger partial charge in [0.25, 0.3) is 0 Å². The third kappa shape index (κ3) is 4.44. The fraction of sp³-hybridized carbons (Fsp3) is 0.688. The van der Waals surface area contributed by atoms with E-state index in [2.05, 4.69) is 23.7 Å². The highest BCUT2D eigenvalue weighted by molar-refractivity contribution is 7.10. The summed E-state index contributed by atoms with van der Waals surface area (Å²) in [4.78, 5) is 15.2. The number of carbonyl (C=O) groups is 1. The van der Waals surface area contributed by atoms with E-state index in [1.54, 1.807) is 23.3 Å². The highest BCUT2D eigenvalue weighted by atomic mass is 32.1. The Morgan fingerprint density at radius 1 is 1.45 bits per heavy atom. The van der Waals surface area contributed by atoms with Gasteiger partial charge >= 0.3 is 6.09 Å². The van der Waals surface area contributed by atoms with E-state index in [-0.39, 0.29) is 24.3 Å². The second-order valence-corrected chi connectivity index (χ2v) is 7.65. The minimum absolute atomic E-state index is 0.0186. The number of amides is 1. The average Bonchev–Trinajstić information content (AvgIpc) is 3.05. The molecule has 0 aromatic carbocycles. The number of rotatable bonds is 4. The van der Waals surface area contributed by atoms with Crippen molar-refractivity contribution in [1.29, 1.82) is 0 Å². The predicted molar refractivity (Wildman–Crippen MR) is 88.3 cm³/mol. The highest BCUT2D eigenvalue weighted by Crippen LogP contribution is 2.23. The van der Waals surface area contributed by atoms with Crippen LogP contribution in [0.15, 0.2) is 17.5 Å². The Hall–Kier alpha value is -1.11. The predicted octanol–water partition coefficient (Wildman–Crippen LogP) is 3.03. The third-order valence-corrected chi connectivity index (χ3v) is 4.71. The number of likely N-dealkylation sites (tertiary alicyclic amines) is 1. The van der Waals surface area contributed by atoms with Gasteiger partial charge in [0.2, 0.25) is 0 Å². The summed E-state index contributed by atoms with van der Waals surface area (Å²) in [5.74, 6) is 0. The maximum absolute atomic E-state index is 12.2. The fourth-order valence-electron chi connectivity index (χ4n) is 2.59. The number of nitrogens with one attached hydrogen (secondary N) is 1. The molecule has 5 nitrogen and oxygen atoms in total. The van der Waals surface area contributed by atoms with Crippen LogP contribution >= 0.6 is 11.3 Å². The maximum Gasteiger partial charge on any atom is 0.410 e. The molecule has 0 aliphatic carbocycles. The minimum atomic E-state index is -0.477. The molecule has 6 heteroatoms. The van der Waals surface area contributed by atoms with Crippen molar-refractivity contribution in [1.82, 2.24) is 10.2 Å². The maximum atomic E-state index is 12.2. The van der Waals surface area contributed by atoms with E-state index in [9.17, 15) is 4.79 Å². The molecule has 3 atom stereocenters. The summed E-state index contributed by atoms with van der Waals surface area (Å²) in [6, 6.07) is 4.51. The molecule has 1 saturated heterocycles. The summed E-state index contributed by atoms with van der Waals surface area (Å²) in [5, 5.41) is 5.64. The van der Waals surface area contributed by atoms with E-state index in [4.69, 9.17) is 9.47 Å². The Morgan fingerprint density at radius 3 is 2.73 bits per heavy atom. The van der Waals surface area contributed by atoms with E-state index in [0.29, 0.717) is 13.1 Å². The third-order valence-electron chi connectivity index (χ3n) is 3.65. The van der Waals surface area contributed by atoms with Crippen molar-refractivity contribution in [3.63, 3.8) is 0 Å². The van der Waals surface area contributed by atoms with E-state index in [1.165, 1.54) is 4.88 Å². The molecule has 1 fully saturated rings. The van der Waals surface area contributed by atoms with Gasteiger partial charge < -0.3 is 19.7 Å². The zero-order chi connectivity index (χ0) is 16.3. The lowest BCUT2D eigenvalue weighted by molar-refractivity contribution is 0.0252. The van der Waals surface area contributed by atoms with Crippen LogP contribution in [-0.2, 0) is 9.47 Å². The molecule has 22 heavy (non-hydrogen) atoms. The van der Waals surface area contributed by atoms with Crippen LogP contribution in [0.5, 0.6) is 0 Å². The molecule has 0 radical (unpaired) electrons. The largest absolute Gasteiger partial charge is 0.444 e. The van der Waals surface area contributed by atoms with Gasteiger partial charge in [0.15, 0.2) is 0 Å². The van der Waals surface area contributed by atoms with Crippen molar-refractivity contribution in [3.05, 3.63) is 22.4 Å². The second kappa shape index (κ2) is 6.98. The normalized spacial score (nSPS) is 23.6. The van der Waals surface area contributed by atoms with Gasteiger partial charge in [-0.25, -0.2) is 4.79 Å². The van der Waals surface area contributed by atoms with E-state index >= 15 is 0 Å². The zero-order valence-electron chi connectivity index (χ0n) is 14.0. The molecule has 1 aromatic heterocycles. The lowest BCUT2D eigenvalue weighted by Gasteiger charge is -2.24. The second-order valence-electron chi connectivity index (χ2n) is 6.67. The van der Waals surface area contributed by atoms with Crippen molar-refractivity contribution in [3.8, 4) is 0 Å². The summed E-state index contributed by atoms with van der Waals surface area (Å²) in [5.41, 5.74) is -0.477. The quantitative estimate of drug-likeness (QED) is 0.924. The molecule has 1 aliphatic heterocycles. The first-order valence-electron chi connectivity index (χ1n) is 7.60. The summed E-state index contributed by atoms with van der Waals surface area (Å²) in [6.45, 7) is 8.92. The first-order valence-corrected chi connectivity index (χ1v) is 8.48. The zero-order valence-corrected chi connectivity index (χ0v) is 14.8. The first kappa shape index (κ1) is 17.2. The molecule has 2 heterocycles. The Balaban J connectivity index is 1.96. The van der Waals surface area contributed by atoms with Crippen molar-refractivity contribution < 1.29 is 14.3 Å². The van der Waals surface area contributed by atoms with Gasteiger partial charge in [-0.3, -0.25) is 0 Å². The van der Waals surface area contributed by atoms with Gasteiger partial charge in [0.05, 0.1) is 18.7 Å². The Labute approximate surface area is 136 Å².